The molecule has 4 heterocycles. The number of aromatic nitrogens is 3. The number of aliphatic hydroxyl groups excluding tert-OH is 1. The smallest absolute Gasteiger partial charge is 0.354 e. The number of pyridine rings is 1. The summed E-state index contributed by atoms with van der Waals surface area (Å²) in [5, 5.41) is 15.2. The maximum Gasteiger partial charge on any atom is 0.354 e. The number of ketones is 1. The lowest BCUT2D eigenvalue weighted by atomic mass is 9.94. The van der Waals surface area contributed by atoms with Gasteiger partial charge in [-0.3, -0.25) is 19.5 Å². The first kappa shape index (κ1) is 21.0. The average Bonchev–Trinajstić information content (AvgIpc) is 3.42. The Morgan fingerprint density at radius 3 is 2.50 bits per heavy atom. The van der Waals surface area contributed by atoms with Crippen LogP contribution < -0.4 is 4.90 Å². The fourth-order valence-electron chi connectivity index (χ4n) is 3.94. The van der Waals surface area contributed by atoms with Crippen molar-refractivity contribution >= 4 is 29.2 Å². The SMILES string of the molecule is COC(=O)c1[nH]c(C)c(/C(O)=C2\C(=O)C(=O)N(c3cc(C)on3)C2c2ccncc2)c1C. The van der Waals surface area contributed by atoms with Crippen LogP contribution in [-0.2, 0) is 14.3 Å². The van der Waals surface area contributed by atoms with Crippen LogP contribution >= 0.6 is 0 Å². The number of carbonyl (C=O) groups is 3. The van der Waals surface area contributed by atoms with E-state index in [-0.39, 0.29) is 22.6 Å². The molecule has 10 heteroatoms. The lowest BCUT2D eigenvalue weighted by molar-refractivity contribution is -0.132. The van der Waals surface area contributed by atoms with Crippen LogP contribution in [0.15, 0.2) is 40.7 Å². The lowest BCUT2D eigenvalue weighted by Gasteiger charge is -2.22. The first-order chi connectivity index (χ1) is 15.3. The summed E-state index contributed by atoms with van der Waals surface area (Å²) in [5.41, 5.74) is 1.64. The first-order valence-electron chi connectivity index (χ1n) is 9.68. The van der Waals surface area contributed by atoms with Gasteiger partial charge in [-0.1, -0.05) is 5.16 Å². The molecule has 164 valence electrons. The van der Waals surface area contributed by atoms with Gasteiger partial charge < -0.3 is 19.4 Å². The van der Waals surface area contributed by atoms with Gasteiger partial charge in [0.1, 0.15) is 17.2 Å². The van der Waals surface area contributed by atoms with Crippen LogP contribution in [0, 0.1) is 20.8 Å². The van der Waals surface area contributed by atoms with Crippen LogP contribution in [0.25, 0.3) is 5.76 Å². The lowest BCUT2D eigenvalue weighted by Crippen LogP contribution is -2.29. The molecular formula is C22H20N4O6. The highest BCUT2D eigenvalue weighted by atomic mass is 16.5. The number of carbonyl (C=O) groups excluding carboxylic acids is 3. The molecule has 1 amide bonds. The van der Waals surface area contributed by atoms with E-state index < -0.39 is 29.5 Å². The average molecular weight is 436 g/mol. The Hall–Kier alpha value is -4.21. The number of aliphatic hydroxyl groups is 1. The molecule has 0 aromatic carbocycles. The molecule has 0 spiro atoms. The van der Waals surface area contributed by atoms with Crippen molar-refractivity contribution in [3.05, 3.63) is 70.0 Å². The van der Waals surface area contributed by atoms with Crippen molar-refractivity contribution in [1.29, 1.82) is 0 Å². The molecule has 1 unspecified atom stereocenters. The number of aryl methyl sites for hydroxylation is 2. The highest BCUT2D eigenvalue weighted by molar-refractivity contribution is 6.51. The number of aromatic amines is 1. The number of anilines is 1. The third kappa shape index (κ3) is 3.16. The van der Waals surface area contributed by atoms with Crippen LogP contribution in [0.1, 0.15) is 44.7 Å². The summed E-state index contributed by atoms with van der Waals surface area (Å²) in [6, 6.07) is 3.83. The number of esters is 1. The predicted molar refractivity (Wildman–Crippen MR) is 112 cm³/mol. The second-order valence-electron chi connectivity index (χ2n) is 7.36. The number of hydrogen-bond donors (Lipinski definition) is 2. The van der Waals surface area contributed by atoms with E-state index in [0.717, 1.165) is 0 Å². The van der Waals surface area contributed by atoms with E-state index in [4.69, 9.17) is 9.26 Å². The highest BCUT2D eigenvalue weighted by Gasteiger charge is 2.48. The molecule has 10 nitrogen and oxygen atoms in total. The van der Waals surface area contributed by atoms with Crippen molar-refractivity contribution in [2.45, 2.75) is 26.8 Å². The van der Waals surface area contributed by atoms with Gasteiger partial charge in [0, 0.05) is 29.7 Å². The van der Waals surface area contributed by atoms with Gasteiger partial charge in [0.05, 0.1) is 18.7 Å². The number of H-pyrrole nitrogens is 1. The Bertz CT molecular complexity index is 1270. The van der Waals surface area contributed by atoms with Crippen molar-refractivity contribution in [2.24, 2.45) is 0 Å². The second kappa shape index (κ2) is 7.80. The molecule has 1 fully saturated rings. The van der Waals surface area contributed by atoms with Gasteiger partial charge in [-0.2, -0.15) is 0 Å². The zero-order valence-electron chi connectivity index (χ0n) is 17.8. The molecule has 1 aliphatic heterocycles. The first-order valence-corrected chi connectivity index (χ1v) is 9.68. The fraction of sp³-hybridized carbons (Fsp3) is 0.227. The zero-order valence-corrected chi connectivity index (χ0v) is 17.8. The summed E-state index contributed by atoms with van der Waals surface area (Å²) in [5.74, 6) is -2.17. The maximum atomic E-state index is 13.1. The molecule has 1 saturated heterocycles. The van der Waals surface area contributed by atoms with Gasteiger partial charge >= 0.3 is 11.9 Å². The van der Waals surface area contributed by atoms with Crippen LogP contribution in [-0.4, -0.2) is 45.0 Å². The third-order valence-corrected chi connectivity index (χ3v) is 5.39. The van der Waals surface area contributed by atoms with Gasteiger partial charge in [-0.05, 0) is 44.0 Å². The van der Waals surface area contributed by atoms with Crippen molar-refractivity contribution < 1.29 is 28.8 Å². The molecule has 0 saturated carbocycles. The minimum atomic E-state index is -0.974. The van der Waals surface area contributed by atoms with Crippen LogP contribution in [0.4, 0.5) is 5.82 Å². The summed E-state index contributed by atoms with van der Waals surface area (Å²) in [7, 11) is 1.24. The molecule has 3 aromatic rings. The Labute approximate surface area is 182 Å². The molecule has 4 rings (SSSR count). The highest BCUT2D eigenvalue weighted by Crippen LogP contribution is 2.42. The summed E-state index contributed by atoms with van der Waals surface area (Å²) in [6.45, 7) is 4.92. The van der Waals surface area contributed by atoms with Crippen molar-refractivity contribution in [3.63, 3.8) is 0 Å². The van der Waals surface area contributed by atoms with E-state index in [1.807, 2.05) is 0 Å². The third-order valence-electron chi connectivity index (χ3n) is 5.39. The summed E-state index contributed by atoms with van der Waals surface area (Å²) in [4.78, 5) is 46.3. The number of ether oxygens (including phenoxy) is 1. The van der Waals surface area contributed by atoms with E-state index >= 15 is 0 Å². The molecule has 32 heavy (non-hydrogen) atoms. The van der Waals surface area contributed by atoms with Crippen LogP contribution in [0.3, 0.4) is 0 Å². The molecule has 0 radical (unpaired) electrons. The van der Waals surface area contributed by atoms with Crippen LogP contribution in [0.2, 0.25) is 0 Å². The number of amides is 1. The Balaban J connectivity index is 1.97. The molecular weight excluding hydrogens is 416 g/mol. The Morgan fingerprint density at radius 1 is 1.22 bits per heavy atom. The van der Waals surface area contributed by atoms with E-state index in [1.165, 1.54) is 30.5 Å². The minimum Gasteiger partial charge on any atom is -0.507 e. The summed E-state index contributed by atoms with van der Waals surface area (Å²) in [6.07, 6.45) is 3.04. The fourth-order valence-corrected chi connectivity index (χ4v) is 3.94. The van der Waals surface area contributed by atoms with E-state index in [1.54, 1.807) is 32.9 Å². The molecule has 2 N–H and O–H groups in total. The van der Waals surface area contributed by atoms with Crippen molar-refractivity contribution in [3.8, 4) is 0 Å². The normalized spacial score (nSPS) is 17.8. The molecule has 1 atom stereocenters. The molecule has 1 aliphatic rings. The predicted octanol–water partition coefficient (Wildman–Crippen LogP) is 2.74. The van der Waals surface area contributed by atoms with Gasteiger partial charge in [-0.25, -0.2) is 4.79 Å². The minimum absolute atomic E-state index is 0.136. The van der Waals surface area contributed by atoms with Gasteiger partial charge in [0.15, 0.2) is 5.82 Å². The number of rotatable bonds is 4. The molecule has 0 aliphatic carbocycles. The van der Waals surface area contributed by atoms with E-state index in [2.05, 4.69) is 15.1 Å². The number of nitrogens with one attached hydrogen (secondary N) is 1. The number of Topliss-reactive ketones (excluding diaryl/α,β-unsaturated/α-hetero) is 1. The number of hydrogen-bond acceptors (Lipinski definition) is 8. The van der Waals surface area contributed by atoms with Crippen molar-refractivity contribution in [2.75, 3.05) is 12.0 Å². The standard InChI is InChI=1S/C22H20N4O6/c1-10-9-14(25-32-10)26-18(13-5-7-23-8-6-13)16(20(28)21(26)29)19(27)15-11(2)17(22(30)31-4)24-12(15)3/h5-9,18,24,27H,1-4H3/b19-16+. The van der Waals surface area contributed by atoms with Crippen LogP contribution in [0.5, 0.6) is 0 Å². The maximum absolute atomic E-state index is 13.1. The van der Waals surface area contributed by atoms with E-state index in [0.29, 0.717) is 22.6 Å². The largest absolute Gasteiger partial charge is 0.507 e. The summed E-state index contributed by atoms with van der Waals surface area (Å²) < 4.78 is 9.88. The summed E-state index contributed by atoms with van der Waals surface area (Å²) >= 11 is 0. The quantitative estimate of drug-likeness (QED) is 0.275. The monoisotopic (exact) mass is 436 g/mol. The molecule has 0 bridgehead atoms. The Morgan fingerprint density at radius 2 is 1.91 bits per heavy atom. The Kier molecular flexibility index (Phi) is 5.13. The van der Waals surface area contributed by atoms with Gasteiger partial charge in [-0.15, -0.1) is 0 Å². The zero-order chi connectivity index (χ0) is 23.2. The van der Waals surface area contributed by atoms with E-state index in [9.17, 15) is 19.5 Å². The molecule has 3 aromatic heterocycles. The topological polar surface area (TPSA) is 139 Å². The van der Waals surface area contributed by atoms with Crippen molar-refractivity contribution in [1.82, 2.24) is 15.1 Å². The number of nitrogens with zero attached hydrogens (tertiary/aromatic N) is 3. The van der Waals surface area contributed by atoms with Gasteiger partial charge in [0.2, 0.25) is 0 Å². The van der Waals surface area contributed by atoms with Gasteiger partial charge in [0.25, 0.3) is 5.78 Å². The number of methoxy groups -OCH3 is 1. The second-order valence-corrected chi connectivity index (χ2v) is 7.36.